The van der Waals surface area contributed by atoms with Crippen LogP contribution in [-0.2, 0) is 9.59 Å². The normalized spacial score (nSPS) is 11.6. The molecule has 0 aromatic rings. The molecule has 0 aliphatic carbocycles. The van der Waals surface area contributed by atoms with Gasteiger partial charge in [-0.05, 0) is 39.8 Å². The minimum Gasteiger partial charge on any atom is -0.480 e. The van der Waals surface area contributed by atoms with Gasteiger partial charge in [-0.2, -0.15) is 0 Å². The van der Waals surface area contributed by atoms with E-state index >= 15 is 0 Å². The van der Waals surface area contributed by atoms with Crippen molar-refractivity contribution in [2.75, 3.05) is 26.2 Å². The van der Waals surface area contributed by atoms with Crippen LogP contribution < -0.4 is 5.32 Å². The summed E-state index contributed by atoms with van der Waals surface area (Å²) in [5.41, 5.74) is -0.570. The second kappa shape index (κ2) is 8.08. The number of aliphatic carboxylic acids is 1. The van der Waals surface area contributed by atoms with Gasteiger partial charge in [0, 0.05) is 6.54 Å². The number of hydrogen-bond donors (Lipinski definition) is 2. The number of nitrogens with one attached hydrogen (secondary N) is 1. The average Bonchev–Trinajstić information content (AvgIpc) is 2.25. The molecule has 2 N–H and O–H groups in total. The molecule has 0 heterocycles. The van der Waals surface area contributed by atoms with Crippen molar-refractivity contribution in [3.05, 3.63) is 0 Å². The van der Waals surface area contributed by atoms with E-state index in [1.807, 2.05) is 13.8 Å². The van der Waals surface area contributed by atoms with Crippen molar-refractivity contribution in [3.8, 4) is 0 Å². The second-order valence-corrected chi connectivity index (χ2v) is 5.24. The third-order valence-corrected chi connectivity index (χ3v) is 2.71. The number of carbonyl (C=O) groups is 2. The molecule has 0 saturated carbocycles. The minimum absolute atomic E-state index is 0.206. The van der Waals surface area contributed by atoms with Crippen molar-refractivity contribution in [3.63, 3.8) is 0 Å². The Bertz CT molecular complexity index is 271. The monoisotopic (exact) mass is 258 g/mol. The summed E-state index contributed by atoms with van der Waals surface area (Å²) in [7, 11) is 0. The van der Waals surface area contributed by atoms with Gasteiger partial charge in [0.15, 0.2) is 0 Å². The van der Waals surface area contributed by atoms with Gasteiger partial charge in [0.1, 0.15) is 6.54 Å². The van der Waals surface area contributed by atoms with Gasteiger partial charge in [-0.3, -0.25) is 9.59 Å². The van der Waals surface area contributed by atoms with Crippen molar-refractivity contribution < 1.29 is 14.7 Å². The number of carbonyl (C=O) groups excluding carboxylic acids is 1. The number of amides is 1. The summed E-state index contributed by atoms with van der Waals surface area (Å²) in [5.74, 6) is -1.22. The van der Waals surface area contributed by atoms with Crippen LogP contribution in [-0.4, -0.2) is 48.1 Å². The summed E-state index contributed by atoms with van der Waals surface area (Å²) in [5, 5.41) is 11.0. The summed E-state index contributed by atoms with van der Waals surface area (Å²) < 4.78 is 0. The maximum absolute atomic E-state index is 11.9. The molecule has 0 unspecified atom stereocenters. The molecule has 0 atom stereocenters. The standard InChI is InChI=1S/C13H26N2O3/c1-5-7-15(8-6-2)10-13(3,4)12(18)14-9-11(16)17/h5-10H2,1-4H3,(H,14,18)(H,16,17). The van der Waals surface area contributed by atoms with Crippen LogP contribution in [0.4, 0.5) is 0 Å². The largest absolute Gasteiger partial charge is 0.480 e. The first-order valence-corrected chi connectivity index (χ1v) is 6.56. The Balaban J connectivity index is 4.39. The zero-order valence-corrected chi connectivity index (χ0v) is 12.0. The predicted molar refractivity (Wildman–Crippen MR) is 71.4 cm³/mol. The molecule has 0 aliphatic rings. The Morgan fingerprint density at radius 3 is 2.06 bits per heavy atom. The molecule has 1 amide bonds. The number of carboxylic acid groups (broad SMARTS) is 1. The van der Waals surface area contributed by atoms with Crippen molar-refractivity contribution in [1.29, 1.82) is 0 Å². The van der Waals surface area contributed by atoms with Crippen molar-refractivity contribution in [1.82, 2.24) is 10.2 Å². The Kier molecular flexibility index (Phi) is 7.59. The minimum atomic E-state index is -1.02. The van der Waals surface area contributed by atoms with Gasteiger partial charge in [0.05, 0.1) is 5.41 Å². The molecule has 0 fully saturated rings. The topological polar surface area (TPSA) is 69.6 Å². The zero-order chi connectivity index (χ0) is 14.2. The van der Waals surface area contributed by atoms with E-state index in [1.165, 1.54) is 0 Å². The van der Waals surface area contributed by atoms with Gasteiger partial charge in [-0.25, -0.2) is 0 Å². The molecule has 0 rings (SSSR count). The first kappa shape index (κ1) is 16.9. The van der Waals surface area contributed by atoms with E-state index in [0.29, 0.717) is 6.54 Å². The lowest BCUT2D eigenvalue weighted by molar-refractivity contribution is -0.139. The lowest BCUT2D eigenvalue weighted by Crippen LogP contribution is -2.46. The lowest BCUT2D eigenvalue weighted by atomic mass is 9.91. The summed E-state index contributed by atoms with van der Waals surface area (Å²) in [6.45, 7) is 10.2. The quantitative estimate of drug-likeness (QED) is 0.654. The first-order chi connectivity index (χ1) is 8.33. The Labute approximate surface area is 110 Å². The van der Waals surface area contributed by atoms with Crippen LogP contribution in [0.3, 0.4) is 0 Å². The molecule has 0 saturated heterocycles. The smallest absolute Gasteiger partial charge is 0.322 e. The number of hydrogen-bond acceptors (Lipinski definition) is 3. The third-order valence-electron chi connectivity index (χ3n) is 2.71. The molecule has 106 valence electrons. The van der Waals surface area contributed by atoms with Crippen molar-refractivity contribution in [2.24, 2.45) is 5.41 Å². The van der Waals surface area contributed by atoms with Gasteiger partial charge >= 0.3 is 5.97 Å². The summed E-state index contributed by atoms with van der Waals surface area (Å²) >= 11 is 0. The molecule has 18 heavy (non-hydrogen) atoms. The van der Waals surface area contributed by atoms with Crippen LogP contribution in [0.1, 0.15) is 40.5 Å². The molecular formula is C13H26N2O3. The SMILES string of the molecule is CCCN(CCC)CC(C)(C)C(=O)NCC(=O)O. The van der Waals surface area contributed by atoms with Gasteiger partial charge in [-0.1, -0.05) is 13.8 Å². The van der Waals surface area contributed by atoms with E-state index in [-0.39, 0.29) is 12.5 Å². The summed E-state index contributed by atoms with van der Waals surface area (Å²) in [4.78, 5) is 24.6. The van der Waals surface area contributed by atoms with E-state index < -0.39 is 11.4 Å². The highest BCUT2D eigenvalue weighted by Gasteiger charge is 2.29. The van der Waals surface area contributed by atoms with E-state index in [2.05, 4.69) is 24.1 Å². The van der Waals surface area contributed by atoms with E-state index in [1.54, 1.807) is 0 Å². The number of rotatable bonds is 9. The van der Waals surface area contributed by atoms with Crippen molar-refractivity contribution in [2.45, 2.75) is 40.5 Å². The van der Waals surface area contributed by atoms with E-state index in [0.717, 1.165) is 25.9 Å². The molecule has 0 aromatic heterocycles. The summed E-state index contributed by atoms with van der Waals surface area (Å²) in [6.07, 6.45) is 2.10. The molecule has 0 radical (unpaired) electrons. The maximum Gasteiger partial charge on any atom is 0.322 e. The number of carboxylic acids is 1. The van der Waals surface area contributed by atoms with Gasteiger partial charge in [-0.15, -0.1) is 0 Å². The van der Waals surface area contributed by atoms with Crippen LogP contribution in [0, 0.1) is 5.41 Å². The Hall–Kier alpha value is -1.10. The zero-order valence-electron chi connectivity index (χ0n) is 12.0. The number of nitrogens with zero attached hydrogens (tertiary/aromatic N) is 1. The molecule has 0 spiro atoms. The molecule has 5 heteroatoms. The Morgan fingerprint density at radius 1 is 1.17 bits per heavy atom. The van der Waals surface area contributed by atoms with E-state index in [4.69, 9.17) is 5.11 Å². The highest BCUT2D eigenvalue weighted by Crippen LogP contribution is 2.17. The van der Waals surface area contributed by atoms with Gasteiger partial charge in [0.2, 0.25) is 5.91 Å². The van der Waals surface area contributed by atoms with Gasteiger partial charge < -0.3 is 15.3 Å². The fraction of sp³-hybridized carbons (Fsp3) is 0.846. The highest BCUT2D eigenvalue weighted by molar-refractivity contribution is 5.85. The van der Waals surface area contributed by atoms with Gasteiger partial charge in [0.25, 0.3) is 0 Å². The van der Waals surface area contributed by atoms with E-state index in [9.17, 15) is 9.59 Å². The fourth-order valence-corrected chi connectivity index (χ4v) is 1.93. The molecule has 0 aliphatic heterocycles. The lowest BCUT2D eigenvalue weighted by Gasteiger charge is -2.31. The predicted octanol–water partition coefficient (Wildman–Crippen LogP) is 1.34. The molecular weight excluding hydrogens is 232 g/mol. The first-order valence-electron chi connectivity index (χ1n) is 6.56. The highest BCUT2D eigenvalue weighted by atomic mass is 16.4. The third kappa shape index (κ3) is 6.59. The Morgan fingerprint density at radius 2 is 1.67 bits per heavy atom. The molecule has 0 bridgehead atoms. The maximum atomic E-state index is 11.9. The van der Waals surface area contributed by atoms with Crippen LogP contribution in [0.25, 0.3) is 0 Å². The van der Waals surface area contributed by atoms with Crippen LogP contribution in [0.2, 0.25) is 0 Å². The molecule has 5 nitrogen and oxygen atoms in total. The average molecular weight is 258 g/mol. The van der Waals surface area contributed by atoms with Crippen LogP contribution in [0.15, 0.2) is 0 Å². The molecule has 0 aromatic carbocycles. The summed E-state index contributed by atoms with van der Waals surface area (Å²) in [6, 6.07) is 0. The fourth-order valence-electron chi connectivity index (χ4n) is 1.93. The van der Waals surface area contributed by atoms with Crippen LogP contribution in [0.5, 0.6) is 0 Å². The van der Waals surface area contributed by atoms with Crippen LogP contribution >= 0.6 is 0 Å². The van der Waals surface area contributed by atoms with Crippen molar-refractivity contribution >= 4 is 11.9 Å². The second-order valence-electron chi connectivity index (χ2n) is 5.24.